The standard InChI is InChI=1S/C7H6ClF2N3S/c1-7(9,10)3-12-6-4(2-11)5(8)13-14-6/h12H,3H2,1H3. The molecule has 0 bridgehead atoms. The van der Waals surface area contributed by atoms with Crippen molar-refractivity contribution in [1.82, 2.24) is 4.37 Å². The van der Waals surface area contributed by atoms with Gasteiger partial charge in [-0.05, 0) is 11.5 Å². The summed E-state index contributed by atoms with van der Waals surface area (Å²) in [5.74, 6) is -2.83. The SMILES string of the molecule is CC(F)(F)CNc1snc(Cl)c1C#N. The topological polar surface area (TPSA) is 48.7 Å². The van der Waals surface area contributed by atoms with Crippen LogP contribution in [-0.4, -0.2) is 16.8 Å². The summed E-state index contributed by atoms with van der Waals surface area (Å²) in [5.41, 5.74) is 0.112. The lowest BCUT2D eigenvalue weighted by atomic mass is 10.3. The second-order valence-electron chi connectivity index (χ2n) is 2.71. The third-order valence-corrected chi connectivity index (χ3v) is 2.50. The summed E-state index contributed by atoms with van der Waals surface area (Å²) in [6.07, 6.45) is 0. The molecule has 1 aromatic heterocycles. The van der Waals surface area contributed by atoms with Crippen LogP contribution in [0.3, 0.4) is 0 Å². The number of alkyl halides is 2. The molecule has 1 heterocycles. The zero-order chi connectivity index (χ0) is 10.8. The zero-order valence-electron chi connectivity index (χ0n) is 7.14. The van der Waals surface area contributed by atoms with Gasteiger partial charge in [0, 0.05) is 6.92 Å². The molecule has 14 heavy (non-hydrogen) atoms. The molecular weight excluding hydrogens is 232 g/mol. The normalized spacial score (nSPS) is 11.1. The van der Waals surface area contributed by atoms with Crippen LogP contribution in [0.25, 0.3) is 0 Å². The zero-order valence-corrected chi connectivity index (χ0v) is 8.72. The van der Waals surface area contributed by atoms with Crippen molar-refractivity contribution < 1.29 is 8.78 Å². The summed E-state index contributed by atoms with van der Waals surface area (Å²) in [7, 11) is 0. The number of hydrogen-bond donors (Lipinski definition) is 1. The van der Waals surface area contributed by atoms with Gasteiger partial charge < -0.3 is 5.32 Å². The maximum Gasteiger partial charge on any atom is 0.262 e. The van der Waals surface area contributed by atoms with Crippen molar-refractivity contribution in [3.8, 4) is 6.07 Å². The number of rotatable bonds is 3. The van der Waals surface area contributed by atoms with E-state index in [2.05, 4.69) is 9.69 Å². The Kier molecular flexibility index (Phi) is 3.24. The molecule has 0 aliphatic carbocycles. The van der Waals surface area contributed by atoms with Crippen LogP contribution >= 0.6 is 23.1 Å². The number of halogens is 3. The average Bonchev–Trinajstić information content (AvgIpc) is 2.41. The van der Waals surface area contributed by atoms with Crippen LogP contribution in [0.1, 0.15) is 12.5 Å². The van der Waals surface area contributed by atoms with Gasteiger partial charge in [0.2, 0.25) is 0 Å². The minimum Gasteiger partial charge on any atom is -0.368 e. The molecule has 0 radical (unpaired) electrons. The summed E-state index contributed by atoms with van der Waals surface area (Å²) in [6, 6.07) is 1.79. The van der Waals surface area contributed by atoms with Crippen molar-refractivity contribution in [2.75, 3.05) is 11.9 Å². The van der Waals surface area contributed by atoms with Gasteiger partial charge in [-0.3, -0.25) is 0 Å². The molecular formula is C7H6ClF2N3S. The summed E-state index contributed by atoms with van der Waals surface area (Å²) in [4.78, 5) is 0. The lowest BCUT2D eigenvalue weighted by molar-refractivity contribution is 0.0368. The van der Waals surface area contributed by atoms with E-state index >= 15 is 0 Å². The van der Waals surface area contributed by atoms with Gasteiger partial charge in [-0.15, -0.1) is 0 Å². The van der Waals surface area contributed by atoms with Gasteiger partial charge in [0.25, 0.3) is 5.92 Å². The first kappa shape index (κ1) is 11.1. The van der Waals surface area contributed by atoms with Crippen molar-refractivity contribution in [3.63, 3.8) is 0 Å². The van der Waals surface area contributed by atoms with Gasteiger partial charge in [-0.25, -0.2) is 8.78 Å². The molecule has 7 heteroatoms. The van der Waals surface area contributed by atoms with E-state index in [-0.39, 0.29) is 15.7 Å². The Hall–Kier alpha value is -0.930. The van der Waals surface area contributed by atoms with Crippen LogP contribution in [-0.2, 0) is 0 Å². The molecule has 0 fully saturated rings. The van der Waals surface area contributed by atoms with E-state index in [1.165, 1.54) is 0 Å². The number of anilines is 1. The van der Waals surface area contributed by atoms with Gasteiger partial charge in [0.1, 0.15) is 16.6 Å². The highest BCUT2D eigenvalue weighted by Gasteiger charge is 2.22. The van der Waals surface area contributed by atoms with Crippen LogP contribution < -0.4 is 5.32 Å². The highest BCUT2D eigenvalue weighted by molar-refractivity contribution is 7.10. The number of hydrogen-bond acceptors (Lipinski definition) is 4. The first-order valence-electron chi connectivity index (χ1n) is 3.61. The number of nitrogens with zero attached hydrogens (tertiary/aromatic N) is 2. The Morgan fingerprint density at radius 3 is 2.86 bits per heavy atom. The van der Waals surface area contributed by atoms with Crippen LogP contribution in [0.5, 0.6) is 0 Å². The third-order valence-electron chi connectivity index (χ3n) is 1.32. The molecule has 1 rings (SSSR count). The summed E-state index contributed by atoms with van der Waals surface area (Å²) in [5, 5.41) is 11.4. The van der Waals surface area contributed by atoms with Crippen molar-refractivity contribution in [1.29, 1.82) is 5.26 Å². The molecule has 0 spiro atoms. The molecule has 0 aliphatic rings. The van der Waals surface area contributed by atoms with Gasteiger partial charge in [0.05, 0.1) is 6.54 Å². The minimum atomic E-state index is -2.83. The average molecular weight is 238 g/mol. The van der Waals surface area contributed by atoms with Crippen LogP contribution in [0.2, 0.25) is 5.15 Å². The van der Waals surface area contributed by atoms with Gasteiger partial charge in [-0.2, -0.15) is 9.64 Å². The summed E-state index contributed by atoms with van der Waals surface area (Å²) >= 11 is 6.44. The Bertz CT molecular complexity index is 366. The van der Waals surface area contributed by atoms with E-state index in [4.69, 9.17) is 16.9 Å². The van der Waals surface area contributed by atoms with Gasteiger partial charge in [-0.1, -0.05) is 11.6 Å². The summed E-state index contributed by atoms with van der Waals surface area (Å²) in [6.45, 7) is 0.245. The number of nitriles is 1. The second-order valence-corrected chi connectivity index (χ2v) is 3.84. The van der Waals surface area contributed by atoms with Crippen molar-refractivity contribution >= 4 is 28.1 Å². The second kappa shape index (κ2) is 4.07. The monoisotopic (exact) mass is 237 g/mol. The van der Waals surface area contributed by atoms with Crippen molar-refractivity contribution in [2.45, 2.75) is 12.8 Å². The van der Waals surface area contributed by atoms with Gasteiger partial charge in [0.15, 0.2) is 5.15 Å². The Morgan fingerprint density at radius 2 is 2.36 bits per heavy atom. The molecule has 0 saturated carbocycles. The predicted octanol–water partition coefficient (Wildman–Crippen LogP) is 2.74. The molecule has 0 unspecified atom stereocenters. The maximum absolute atomic E-state index is 12.5. The first-order chi connectivity index (χ1) is 6.44. The van der Waals surface area contributed by atoms with Crippen molar-refractivity contribution in [2.24, 2.45) is 0 Å². The van der Waals surface area contributed by atoms with E-state index in [0.29, 0.717) is 0 Å². The fourth-order valence-corrected chi connectivity index (χ4v) is 1.65. The highest BCUT2D eigenvalue weighted by Crippen LogP contribution is 2.28. The predicted molar refractivity (Wildman–Crippen MR) is 50.9 cm³/mol. The molecule has 0 aromatic carbocycles. The van der Waals surface area contributed by atoms with Gasteiger partial charge >= 0.3 is 0 Å². The fourth-order valence-electron chi connectivity index (χ4n) is 0.724. The van der Waals surface area contributed by atoms with E-state index in [0.717, 1.165) is 18.5 Å². The largest absolute Gasteiger partial charge is 0.368 e. The quantitative estimate of drug-likeness (QED) is 0.879. The fraction of sp³-hybridized carbons (Fsp3) is 0.429. The molecule has 1 N–H and O–H groups in total. The molecule has 0 atom stereocenters. The molecule has 3 nitrogen and oxygen atoms in total. The molecule has 0 aliphatic heterocycles. The Balaban J connectivity index is 2.74. The number of aromatic nitrogens is 1. The van der Waals surface area contributed by atoms with E-state index in [1.807, 2.05) is 0 Å². The van der Waals surface area contributed by atoms with Crippen LogP contribution in [0, 0.1) is 11.3 Å². The maximum atomic E-state index is 12.5. The molecule has 1 aromatic rings. The molecule has 76 valence electrons. The molecule has 0 amide bonds. The van der Waals surface area contributed by atoms with Crippen LogP contribution in [0.15, 0.2) is 0 Å². The highest BCUT2D eigenvalue weighted by atomic mass is 35.5. The smallest absolute Gasteiger partial charge is 0.262 e. The van der Waals surface area contributed by atoms with E-state index in [9.17, 15) is 8.78 Å². The lowest BCUT2D eigenvalue weighted by Gasteiger charge is -2.10. The third kappa shape index (κ3) is 2.79. The van der Waals surface area contributed by atoms with E-state index < -0.39 is 12.5 Å². The Labute approximate surface area is 88.5 Å². The first-order valence-corrected chi connectivity index (χ1v) is 4.76. The lowest BCUT2D eigenvalue weighted by Crippen LogP contribution is -2.22. The van der Waals surface area contributed by atoms with Crippen LogP contribution in [0.4, 0.5) is 13.8 Å². The Morgan fingerprint density at radius 1 is 1.71 bits per heavy atom. The van der Waals surface area contributed by atoms with Crippen molar-refractivity contribution in [3.05, 3.63) is 10.7 Å². The number of nitrogens with one attached hydrogen (secondary N) is 1. The summed E-state index contributed by atoms with van der Waals surface area (Å²) < 4.78 is 28.6. The molecule has 0 saturated heterocycles. The minimum absolute atomic E-state index is 0.0411. The van der Waals surface area contributed by atoms with E-state index in [1.54, 1.807) is 6.07 Å².